The van der Waals surface area contributed by atoms with E-state index in [4.69, 9.17) is 0 Å². The number of nitrogens with zero attached hydrogens (tertiary/aromatic N) is 3. The lowest BCUT2D eigenvalue weighted by Crippen LogP contribution is -2.49. The molecule has 0 unspecified atom stereocenters. The number of hydrogen-bond acceptors (Lipinski definition) is 4. The van der Waals surface area contributed by atoms with Crippen molar-refractivity contribution in [3.63, 3.8) is 0 Å². The Bertz CT molecular complexity index is 731. The molecular weight excluding hydrogens is 304 g/mol. The maximum atomic E-state index is 12.4. The smallest absolute Gasteiger partial charge is 0.254 e. The molecule has 6 nitrogen and oxygen atoms in total. The number of carbonyl (C=O) groups is 2. The molecule has 1 amide bonds. The number of H-pyrrole nitrogens is 1. The molecule has 1 N–H and O–H groups in total. The highest BCUT2D eigenvalue weighted by atomic mass is 16.2. The molecule has 3 rings (SSSR count). The molecule has 0 bridgehead atoms. The van der Waals surface area contributed by atoms with E-state index in [-0.39, 0.29) is 11.7 Å². The summed E-state index contributed by atoms with van der Waals surface area (Å²) in [7, 11) is 0. The van der Waals surface area contributed by atoms with Crippen molar-refractivity contribution in [3.8, 4) is 0 Å². The molecule has 0 spiro atoms. The van der Waals surface area contributed by atoms with Crippen LogP contribution in [0.15, 0.2) is 30.6 Å². The number of aromatic nitrogens is 2. The van der Waals surface area contributed by atoms with Crippen LogP contribution in [0, 0.1) is 13.8 Å². The molecule has 0 radical (unpaired) electrons. The van der Waals surface area contributed by atoms with Gasteiger partial charge in [0, 0.05) is 61.1 Å². The average Bonchev–Trinajstić information content (AvgIpc) is 2.94. The molecule has 0 atom stereocenters. The maximum Gasteiger partial charge on any atom is 0.254 e. The first-order chi connectivity index (χ1) is 11.5. The van der Waals surface area contributed by atoms with Crippen molar-refractivity contribution in [2.75, 3.05) is 32.7 Å². The Morgan fingerprint density at radius 1 is 1.12 bits per heavy atom. The lowest BCUT2D eigenvalue weighted by atomic mass is 10.1. The minimum absolute atomic E-state index is 0.0282. The molecule has 6 heteroatoms. The summed E-state index contributed by atoms with van der Waals surface area (Å²) in [6, 6.07) is 5.37. The largest absolute Gasteiger partial charge is 0.362 e. The summed E-state index contributed by atoms with van der Waals surface area (Å²) in [6.07, 6.45) is 3.26. The Morgan fingerprint density at radius 2 is 1.79 bits per heavy atom. The molecule has 24 heavy (non-hydrogen) atoms. The summed E-state index contributed by atoms with van der Waals surface area (Å²) in [6.45, 7) is 6.98. The Kier molecular flexibility index (Phi) is 4.76. The van der Waals surface area contributed by atoms with Crippen molar-refractivity contribution in [2.45, 2.75) is 13.8 Å². The number of pyridine rings is 1. The van der Waals surface area contributed by atoms with Crippen molar-refractivity contribution in [1.29, 1.82) is 0 Å². The highest BCUT2D eigenvalue weighted by molar-refractivity contribution is 5.99. The fraction of sp³-hybridized carbons (Fsp3) is 0.389. The van der Waals surface area contributed by atoms with E-state index in [1.165, 1.54) is 0 Å². The highest BCUT2D eigenvalue weighted by Gasteiger charge is 2.24. The molecule has 126 valence electrons. The van der Waals surface area contributed by atoms with Crippen LogP contribution in [-0.2, 0) is 0 Å². The van der Waals surface area contributed by atoms with Gasteiger partial charge in [-0.05, 0) is 32.0 Å². The summed E-state index contributed by atoms with van der Waals surface area (Å²) in [5, 5.41) is 0. The van der Waals surface area contributed by atoms with Crippen molar-refractivity contribution < 1.29 is 9.59 Å². The molecule has 1 aliphatic heterocycles. The van der Waals surface area contributed by atoms with Crippen LogP contribution in [0.4, 0.5) is 0 Å². The predicted molar refractivity (Wildman–Crippen MR) is 91.2 cm³/mol. The van der Waals surface area contributed by atoms with Gasteiger partial charge >= 0.3 is 0 Å². The molecule has 0 aromatic carbocycles. The van der Waals surface area contributed by atoms with Crippen LogP contribution in [0.2, 0.25) is 0 Å². The lowest BCUT2D eigenvalue weighted by molar-refractivity contribution is 0.0624. The van der Waals surface area contributed by atoms with Gasteiger partial charge in [-0.3, -0.25) is 19.5 Å². The zero-order chi connectivity index (χ0) is 17.1. The summed E-state index contributed by atoms with van der Waals surface area (Å²) < 4.78 is 0. The van der Waals surface area contributed by atoms with Crippen LogP contribution >= 0.6 is 0 Å². The number of Topliss-reactive ketones (excluding diaryl/α,β-unsaturated/α-hetero) is 1. The first-order valence-corrected chi connectivity index (χ1v) is 8.15. The Balaban J connectivity index is 1.55. The number of aryl methyl sites for hydroxylation is 2. The number of piperazine rings is 1. The Labute approximate surface area is 141 Å². The monoisotopic (exact) mass is 326 g/mol. The molecule has 1 saturated heterocycles. The van der Waals surface area contributed by atoms with Gasteiger partial charge < -0.3 is 9.88 Å². The average molecular weight is 326 g/mol. The minimum Gasteiger partial charge on any atom is -0.362 e. The Hall–Kier alpha value is -2.47. The van der Waals surface area contributed by atoms with Gasteiger partial charge in [-0.2, -0.15) is 0 Å². The van der Waals surface area contributed by atoms with E-state index < -0.39 is 0 Å². The topological polar surface area (TPSA) is 69.3 Å². The van der Waals surface area contributed by atoms with Crippen LogP contribution in [0.5, 0.6) is 0 Å². The quantitative estimate of drug-likeness (QED) is 0.868. The number of aromatic amines is 1. The number of hydrogen-bond donors (Lipinski definition) is 1. The van der Waals surface area contributed by atoms with Crippen LogP contribution in [0.25, 0.3) is 0 Å². The second kappa shape index (κ2) is 6.97. The van der Waals surface area contributed by atoms with Crippen molar-refractivity contribution in [3.05, 3.63) is 53.1 Å². The third kappa shape index (κ3) is 3.54. The molecule has 2 aromatic rings. The van der Waals surface area contributed by atoms with E-state index in [2.05, 4.69) is 14.9 Å². The highest BCUT2D eigenvalue weighted by Crippen LogP contribution is 2.13. The van der Waals surface area contributed by atoms with Gasteiger partial charge in [0.15, 0.2) is 5.78 Å². The van der Waals surface area contributed by atoms with Gasteiger partial charge in [0.25, 0.3) is 5.91 Å². The Morgan fingerprint density at radius 3 is 2.38 bits per heavy atom. The number of ketones is 1. The molecule has 2 aromatic heterocycles. The standard InChI is InChI=1S/C18H22N4O2/c1-13-11-16(14(2)20-13)17(23)12-21-7-9-22(10-8-21)18(24)15-3-5-19-6-4-15/h3-6,11,20H,7-10,12H2,1-2H3. The molecule has 3 heterocycles. The van der Waals surface area contributed by atoms with Crippen molar-refractivity contribution in [1.82, 2.24) is 19.8 Å². The fourth-order valence-electron chi connectivity index (χ4n) is 3.09. The van der Waals surface area contributed by atoms with Crippen LogP contribution < -0.4 is 0 Å². The number of carbonyl (C=O) groups excluding carboxylic acids is 2. The zero-order valence-electron chi connectivity index (χ0n) is 14.1. The van der Waals surface area contributed by atoms with Crippen LogP contribution in [-0.4, -0.2) is 64.2 Å². The number of rotatable bonds is 4. The van der Waals surface area contributed by atoms with Gasteiger partial charge in [0.05, 0.1) is 6.54 Å². The lowest BCUT2D eigenvalue weighted by Gasteiger charge is -2.34. The van der Waals surface area contributed by atoms with E-state index in [9.17, 15) is 9.59 Å². The van der Waals surface area contributed by atoms with Gasteiger partial charge in [-0.1, -0.05) is 0 Å². The predicted octanol–water partition coefficient (Wildman–Crippen LogP) is 1.67. The molecule has 0 saturated carbocycles. The molecule has 0 aliphatic carbocycles. The molecule has 1 fully saturated rings. The van der Waals surface area contributed by atoms with E-state index in [1.807, 2.05) is 24.8 Å². The summed E-state index contributed by atoms with van der Waals surface area (Å²) >= 11 is 0. The first-order valence-electron chi connectivity index (χ1n) is 8.15. The van der Waals surface area contributed by atoms with E-state index >= 15 is 0 Å². The summed E-state index contributed by atoms with van der Waals surface area (Å²) in [5.41, 5.74) is 3.35. The molecular formula is C18H22N4O2. The van der Waals surface area contributed by atoms with E-state index in [1.54, 1.807) is 24.5 Å². The van der Waals surface area contributed by atoms with Crippen molar-refractivity contribution >= 4 is 11.7 Å². The van der Waals surface area contributed by atoms with Gasteiger partial charge in [-0.15, -0.1) is 0 Å². The second-order valence-corrected chi connectivity index (χ2v) is 6.22. The van der Waals surface area contributed by atoms with Crippen molar-refractivity contribution in [2.24, 2.45) is 0 Å². The normalized spacial score (nSPS) is 15.5. The summed E-state index contributed by atoms with van der Waals surface area (Å²) in [4.78, 5) is 35.9. The first kappa shape index (κ1) is 16.4. The van der Waals surface area contributed by atoms with Gasteiger partial charge in [-0.25, -0.2) is 0 Å². The fourth-order valence-corrected chi connectivity index (χ4v) is 3.09. The van der Waals surface area contributed by atoms with Gasteiger partial charge in [0.2, 0.25) is 0 Å². The minimum atomic E-state index is 0.0282. The molecule has 1 aliphatic rings. The van der Waals surface area contributed by atoms with E-state index in [0.717, 1.165) is 17.0 Å². The number of nitrogens with one attached hydrogen (secondary N) is 1. The number of amides is 1. The maximum absolute atomic E-state index is 12.4. The zero-order valence-corrected chi connectivity index (χ0v) is 14.1. The van der Waals surface area contributed by atoms with Crippen LogP contribution in [0.3, 0.4) is 0 Å². The SMILES string of the molecule is Cc1cc(C(=O)CN2CCN(C(=O)c3ccncc3)CC2)c(C)[nH]1. The van der Waals surface area contributed by atoms with Gasteiger partial charge in [0.1, 0.15) is 0 Å². The van der Waals surface area contributed by atoms with E-state index in [0.29, 0.717) is 38.3 Å². The third-order valence-electron chi connectivity index (χ3n) is 4.40. The summed E-state index contributed by atoms with van der Waals surface area (Å²) in [5.74, 6) is 0.159. The van der Waals surface area contributed by atoms with Crippen LogP contribution in [0.1, 0.15) is 32.1 Å². The second-order valence-electron chi connectivity index (χ2n) is 6.22. The third-order valence-corrected chi connectivity index (χ3v) is 4.40.